The van der Waals surface area contributed by atoms with Crippen molar-refractivity contribution >= 4 is 11.2 Å². The molecule has 2 aromatic rings. The van der Waals surface area contributed by atoms with E-state index in [-0.39, 0.29) is 5.49 Å². The summed E-state index contributed by atoms with van der Waals surface area (Å²) in [5.74, 6) is 2.49. The normalized spacial score (nSPS) is 10.1. The van der Waals surface area contributed by atoms with Gasteiger partial charge in [0.2, 0.25) is 0 Å². The largest absolute Gasteiger partial charge is 0.340 e. The van der Waals surface area contributed by atoms with Crippen molar-refractivity contribution in [3.8, 4) is 12.3 Å². The van der Waals surface area contributed by atoms with Crippen molar-refractivity contribution in [2.45, 2.75) is 6.54 Å². The minimum absolute atomic E-state index is 0.181. The highest BCUT2D eigenvalue weighted by molar-refractivity contribution is 5.68. The summed E-state index contributed by atoms with van der Waals surface area (Å²) in [6, 6.07) is 0. The maximum absolute atomic E-state index is 7.46. The number of aromatic amines is 1. The van der Waals surface area contributed by atoms with E-state index in [4.69, 9.17) is 11.8 Å². The third-order valence-electron chi connectivity index (χ3n) is 1.72. The van der Waals surface area contributed by atoms with Crippen LogP contribution in [-0.4, -0.2) is 19.5 Å². The van der Waals surface area contributed by atoms with Gasteiger partial charge in [-0.25, -0.2) is 9.97 Å². The molecule has 0 saturated carbocycles. The SMILES string of the molecule is C#CCn1cnc(=N)c2[nH]cnc21. The van der Waals surface area contributed by atoms with Crippen LogP contribution in [0.5, 0.6) is 0 Å². The molecule has 2 N–H and O–H groups in total. The molecule has 13 heavy (non-hydrogen) atoms. The second-order valence-corrected chi connectivity index (χ2v) is 2.53. The minimum Gasteiger partial charge on any atom is -0.340 e. The Morgan fingerprint density at radius 3 is 3.23 bits per heavy atom. The van der Waals surface area contributed by atoms with Crippen molar-refractivity contribution in [1.29, 1.82) is 5.41 Å². The van der Waals surface area contributed by atoms with Crippen LogP contribution in [0.25, 0.3) is 11.2 Å². The van der Waals surface area contributed by atoms with Crippen LogP contribution in [0.15, 0.2) is 12.7 Å². The molecule has 0 amide bonds. The molecule has 5 heteroatoms. The van der Waals surface area contributed by atoms with Gasteiger partial charge in [0.25, 0.3) is 0 Å². The molecule has 0 aliphatic carbocycles. The molecular weight excluding hydrogens is 166 g/mol. The molecule has 0 bridgehead atoms. The molecular formula is C8H7N5. The topological polar surface area (TPSA) is 70.3 Å². The van der Waals surface area contributed by atoms with E-state index in [0.717, 1.165) is 0 Å². The Morgan fingerprint density at radius 1 is 1.62 bits per heavy atom. The van der Waals surface area contributed by atoms with Gasteiger partial charge < -0.3 is 9.55 Å². The number of terminal acetylenes is 1. The fourth-order valence-electron chi connectivity index (χ4n) is 1.14. The van der Waals surface area contributed by atoms with Crippen molar-refractivity contribution in [3.05, 3.63) is 18.1 Å². The van der Waals surface area contributed by atoms with Gasteiger partial charge in [0.15, 0.2) is 11.1 Å². The average molecular weight is 173 g/mol. The number of fused-ring (bicyclic) bond motifs is 1. The lowest BCUT2D eigenvalue weighted by molar-refractivity contribution is 0.819. The summed E-state index contributed by atoms with van der Waals surface area (Å²) in [6.45, 7) is 0.411. The lowest BCUT2D eigenvalue weighted by Crippen LogP contribution is -2.12. The maximum atomic E-state index is 7.46. The number of hydrogen-bond donors (Lipinski definition) is 2. The van der Waals surface area contributed by atoms with Crippen LogP contribution in [0.4, 0.5) is 0 Å². The fourth-order valence-corrected chi connectivity index (χ4v) is 1.14. The van der Waals surface area contributed by atoms with Gasteiger partial charge in [0.05, 0.1) is 19.2 Å². The summed E-state index contributed by atoms with van der Waals surface area (Å²) in [5, 5.41) is 7.46. The van der Waals surface area contributed by atoms with Crippen molar-refractivity contribution < 1.29 is 0 Å². The molecule has 0 aliphatic rings. The molecule has 0 aromatic carbocycles. The predicted molar refractivity (Wildman–Crippen MR) is 46.6 cm³/mol. The van der Waals surface area contributed by atoms with Gasteiger partial charge in [-0.1, -0.05) is 5.92 Å². The van der Waals surface area contributed by atoms with Crippen LogP contribution >= 0.6 is 0 Å². The molecule has 2 heterocycles. The number of H-pyrrole nitrogens is 1. The van der Waals surface area contributed by atoms with Crippen LogP contribution in [0.1, 0.15) is 0 Å². The zero-order valence-electron chi connectivity index (χ0n) is 6.78. The summed E-state index contributed by atoms with van der Waals surface area (Å²) in [6.07, 6.45) is 8.22. The Labute approximate surface area is 74.0 Å². The van der Waals surface area contributed by atoms with Gasteiger partial charge in [-0.05, 0) is 0 Å². The quantitative estimate of drug-likeness (QED) is 0.590. The molecule has 0 fully saturated rings. The highest BCUT2D eigenvalue weighted by Gasteiger charge is 2.01. The van der Waals surface area contributed by atoms with Gasteiger partial charge in [-0.15, -0.1) is 6.42 Å². The first-order chi connectivity index (χ1) is 6.33. The molecule has 0 spiro atoms. The van der Waals surface area contributed by atoms with E-state index in [9.17, 15) is 0 Å². The Kier molecular flexibility index (Phi) is 1.60. The van der Waals surface area contributed by atoms with E-state index in [1.54, 1.807) is 4.57 Å². The first-order valence-corrected chi connectivity index (χ1v) is 3.69. The lowest BCUT2D eigenvalue weighted by atomic mass is 10.5. The van der Waals surface area contributed by atoms with Crippen molar-refractivity contribution in [2.75, 3.05) is 0 Å². The van der Waals surface area contributed by atoms with E-state index in [2.05, 4.69) is 20.9 Å². The second-order valence-electron chi connectivity index (χ2n) is 2.53. The van der Waals surface area contributed by atoms with Crippen LogP contribution in [0.3, 0.4) is 0 Å². The molecule has 2 rings (SSSR count). The van der Waals surface area contributed by atoms with Crippen molar-refractivity contribution in [3.63, 3.8) is 0 Å². The van der Waals surface area contributed by atoms with Gasteiger partial charge >= 0.3 is 0 Å². The van der Waals surface area contributed by atoms with E-state index >= 15 is 0 Å². The van der Waals surface area contributed by atoms with E-state index < -0.39 is 0 Å². The van der Waals surface area contributed by atoms with Gasteiger partial charge in [-0.3, -0.25) is 5.41 Å². The van der Waals surface area contributed by atoms with Gasteiger partial charge in [0, 0.05) is 0 Å². The van der Waals surface area contributed by atoms with Crippen LogP contribution in [0, 0.1) is 17.8 Å². The van der Waals surface area contributed by atoms with E-state index in [1.807, 2.05) is 0 Å². The molecule has 0 atom stereocenters. The number of aromatic nitrogens is 4. The number of nitrogens with zero attached hydrogens (tertiary/aromatic N) is 3. The number of hydrogen-bond acceptors (Lipinski definition) is 3. The molecule has 0 aliphatic heterocycles. The summed E-state index contributed by atoms with van der Waals surface area (Å²) >= 11 is 0. The van der Waals surface area contributed by atoms with Crippen molar-refractivity contribution in [1.82, 2.24) is 19.5 Å². The smallest absolute Gasteiger partial charge is 0.173 e. The predicted octanol–water partition coefficient (Wildman–Crippen LogP) is -0.128. The first-order valence-electron chi connectivity index (χ1n) is 3.69. The zero-order chi connectivity index (χ0) is 9.26. The third kappa shape index (κ3) is 1.08. The monoisotopic (exact) mass is 173 g/mol. The highest BCUT2D eigenvalue weighted by atomic mass is 15.1. The number of nitrogens with one attached hydrogen (secondary N) is 2. The van der Waals surface area contributed by atoms with Gasteiger partial charge in [-0.2, -0.15) is 0 Å². The minimum atomic E-state index is 0.181. The summed E-state index contributed by atoms with van der Waals surface area (Å²) in [5.41, 5.74) is 1.46. The standard InChI is InChI=1S/C8H7N5/c1-2-3-13-5-12-7(9)6-8(13)11-4-10-6/h1,4-5,9H,3H2,(H,10,11). The van der Waals surface area contributed by atoms with E-state index in [1.165, 1.54) is 12.7 Å². The molecule has 5 nitrogen and oxygen atoms in total. The van der Waals surface area contributed by atoms with Gasteiger partial charge in [0.1, 0.15) is 5.52 Å². The first kappa shape index (κ1) is 7.55. The Bertz CT molecular complexity index is 527. The average Bonchev–Trinajstić information content (AvgIpc) is 2.59. The molecule has 64 valence electrons. The number of imidazole rings is 1. The maximum Gasteiger partial charge on any atom is 0.173 e. The highest BCUT2D eigenvalue weighted by Crippen LogP contribution is 2.01. The Hall–Kier alpha value is -2.09. The van der Waals surface area contributed by atoms with Crippen molar-refractivity contribution in [2.24, 2.45) is 0 Å². The van der Waals surface area contributed by atoms with E-state index in [0.29, 0.717) is 17.7 Å². The summed E-state index contributed by atoms with van der Waals surface area (Å²) in [4.78, 5) is 10.7. The molecule has 0 radical (unpaired) electrons. The molecule has 0 unspecified atom stereocenters. The van der Waals surface area contributed by atoms with Crippen LogP contribution < -0.4 is 5.49 Å². The summed E-state index contributed by atoms with van der Waals surface area (Å²) < 4.78 is 1.71. The third-order valence-corrected chi connectivity index (χ3v) is 1.72. The molecule has 0 saturated heterocycles. The fraction of sp³-hybridized carbons (Fsp3) is 0.125. The Morgan fingerprint density at radius 2 is 2.46 bits per heavy atom. The number of rotatable bonds is 1. The summed E-state index contributed by atoms with van der Waals surface area (Å²) in [7, 11) is 0. The van der Waals surface area contributed by atoms with Crippen LogP contribution in [-0.2, 0) is 6.54 Å². The lowest BCUT2D eigenvalue weighted by Gasteiger charge is -2.00. The molecule has 2 aromatic heterocycles. The van der Waals surface area contributed by atoms with Crippen LogP contribution in [0.2, 0.25) is 0 Å². The zero-order valence-corrected chi connectivity index (χ0v) is 6.78. The second kappa shape index (κ2) is 2.75. The Balaban J connectivity index is 2.80.